The van der Waals surface area contributed by atoms with Crippen LogP contribution in [0.3, 0.4) is 0 Å². The van der Waals surface area contributed by atoms with E-state index in [0.29, 0.717) is 6.04 Å². The summed E-state index contributed by atoms with van der Waals surface area (Å²) in [4.78, 5) is 0. The van der Waals surface area contributed by atoms with Crippen LogP contribution in [0.25, 0.3) is 6.08 Å². The van der Waals surface area contributed by atoms with Gasteiger partial charge in [-0.3, -0.25) is 0 Å². The summed E-state index contributed by atoms with van der Waals surface area (Å²) >= 11 is 0. The molecule has 1 unspecified atom stereocenters. The summed E-state index contributed by atoms with van der Waals surface area (Å²) < 4.78 is 5.32. The highest BCUT2D eigenvalue weighted by Crippen LogP contribution is 2.19. The van der Waals surface area contributed by atoms with Crippen molar-refractivity contribution in [3.63, 3.8) is 0 Å². The van der Waals surface area contributed by atoms with Gasteiger partial charge >= 0.3 is 0 Å². The van der Waals surface area contributed by atoms with E-state index in [9.17, 15) is 0 Å². The summed E-state index contributed by atoms with van der Waals surface area (Å²) in [5.74, 6) is 0.739. The topological polar surface area (TPSA) is 45.0 Å². The van der Waals surface area contributed by atoms with Gasteiger partial charge in [-0.05, 0) is 20.0 Å². The molecule has 0 saturated heterocycles. The van der Waals surface area contributed by atoms with E-state index in [1.54, 1.807) is 0 Å². The third-order valence-corrected chi connectivity index (χ3v) is 2.23. The Kier molecular flexibility index (Phi) is 5.10. The van der Waals surface area contributed by atoms with Crippen molar-refractivity contribution in [2.75, 3.05) is 13.7 Å². The molecule has 0 fully saturated rings. The highest BCUT2D eigenvalue weighted by molar-refractivity contribution is 5.57. The average Bonchev–Trinajstić information content (AvgIpc) is 2.34. The number of likely N-dealkylation sites (N-methyl/N-ethyl adjacent to an activating group) is 1. The Morgan fingerprint density at radius 1 is 1.50 bits per heavy atom. The van der Waals surface area contributed by atoms with Crippen LogP contribution in [0.2, 0.25) is 0 Å². The second-order valence-electron chi connectivity index (χ2n) is 3.42. The van der Waals surface area contributed by atoms with E-state index in [2.05, 4.69) is 18.3 Å². The zero-order chi connectivity index (χ0) is 11.8. The fourth-order valence-electron chi connectivity index (χ4n) is 1.20. The van der Waals surface area contributed by atoms with Crippen molar-refractivity contribution in [2.24, 2.45) is 0 Å². The molecule has 1 aromatic carbocycles. The van der Waals surface area contributed by atoms with Gasteiger partial charge in [0.05, 0.1) is 0 Å². The standard InChI is InChI=1S/C13H16N2O/c1-11(15-2)7-8-12-5-3-4-6-13(12)16-10-9-14/h3-8,11,15H,10H2,1-2H3/b8-7+. The lowest BCUT2D eigenvalue weighted by Crippen LogP contribution is -2.17. The highest BCUT2D eigenvalue weighted by atomic mass is 16.5. The van der Waals surface area contributed by atoms with E-state index >= 15 is 0 Å². The molecule has 0 spiro atoms. The Balaban J connectivity index is 2.78. The Bertz CT molecular complexity index is 393. The normalized spacial score (nSPS) is 12.3. The Labute approximate surface area is 96.4 Å². The molecule has 0 aliphatic carbocycles. The number of hydrogen-bond donors (Lipinski definition) is 1. The van der Waals surface area contributed by atoms with Crippen molar-refractivity contribution in [3.05, 3.63) is 35.9 Å². The Morgan fingerprint density at radius 2 is 2.25 bits per heavy atom. The number of rotatable bonds is 5. The van der Waals surface area contributed by atoms with Gasteiger partial charge in [-0.15, -0.1) is 0 Å². The molecule has 16 heavy (non-hydrogen) atoms. The first-order chi connectivity index (χ1) is 7.77. The van der Waals surface area contributed by atoms with Gasteiger partial charge in [-0.25, -0.2) is 0 Å². The molecular weight excluding hydrogens is 200 g/mol. The number of hydrogen-bond acceptors (Lipinski definition) is 3. The first-order valence-electron chi connectivity index (χ1n) is 5.22. The van der Waals surface area contributed by atoms with Gasteiger partial charge in [-0.1, -0.05) is 30.4 Å². The molecule has 0 aliphatic heterocycles. The minimum Gasteiger partial charge on any atom is -0.478 e. The zero-order valence-corrected chi connectivity index (χ0v) is 9.60. The fraction of sp³-hybridized carbons (Fsp3) is 0.308. The molecule has 1 N–H and O–H groups in total. The molecule has 1 atom stereocenters. The summed E-state index contributed by atoms with van der Waals surface area (Å²) in [6.45, 7) is 2.14. The highest BCUT2D eigenvalue weighted by Gasteiger charge is 1.99. The van der Waals surface area contributed by atoms with Crippen molar-refractivity contribution in [3.8, 4) is 11.8 Å². The van der Waals surface area contributed by atoms with Crippen LogP contribution in [-0.2, 0) is 0 Å². The molecule has 1 aromatic rings. The zero-order valence-electron chi connectivity index (χ0n) is 9.60. The van der Waals surface area contributed by atoms with Gasteiger partial charge in [0.15, 0.2) is 6.61 Å². The van der Waals surface area contributed by atoms with Crippen LogP contribution in [0.5, 0.6) is 5.75 Å². The largest absolute Gasteiger partial charge is 0.478 e. The monoisotopic (exact) mass is 216 g/mol. The smallest absolute Gasteiger partial charge is 0.174 e. The molecule has 0 aliphatic rings. The lowest BCUT2D eigenvalue weighted by atomic mass is 10.1. The van der Waals surface area contributed by atoms with Crippen LogP contribution in [0, 0.1) is 11.3 Å². The second-order valence-corrected chi connectivity index (χ2v) is 3.42. The molecule has 3 nitrogen and oxygen atoms in total. The molecule has 0 saturated carbocycles. The third kappa shape index (κ3) is 3.76. The number of para-hydroxylation sites is 1. The van der Waals surface area contributed by atoms with Crippen molar-refractivity contribution >= 4 is 6.08 Å². The van der Waals surface area contributed by atoms with Crippen molar-refractivity contribution in [1.82, 2.24) is 5.32 Å². The maximum absolute atomic E-state index is 8.47. The van der Waals surface area contributed by atoms with Gasteiger partial charge in [-0.2, -0.15) is 5.26 Å². The van der Waals surface area contributed by atoms with Gasteiger partial charge in [0, 0.05) is 11.6 Å². The number of ether oxygens (including phenoxy) is 1. The Hall–Kier alpha value is -1.79. The predicted octanol–water partition coefficient (Wildman–Crippen LogP) is 2.21. The number of nitrogens with one attached hydrogen (secondary N) is 1. The lowest BCUT2D eigenvalue weighted by molar-refractivity contribution is 0.367. The number of nitriles is 1. The van der Waals surface area contributed by atoms with Crippen LogP contribution in [0.1, 0.15) is 12.5 Å². The Morgan fingerprint density at radius 3 is 2.94 bits per heavy atom. The fourth-order valence-corrected chi connectivity index (χ4v) is 1.20. The van der Waals surface area contributed by atoms with E-state index in [1.807, 2.05) is 43.5 Å². The minimum atomic E-state index is 0.0758. The van der Waals surface area contributed by atoms with Crippen LogP contribution in [-0.4, -0.2) is 19.7 Å². The van der Waals surface area contributed by atoms with Crippen molar-refractivity contribution in [2.45, 2.75) is 13.0 Å². The summed E-state index contributed by atoms with van der Waals surface area (Å²) in [5, 5.41) is 11.6. The molecule has 0 radical (unpaired) electrons. The second kappa shape index (κ2) is 6.65. The van der Waals surface area contributed by atoms with E-state index < -0.39 is 0 Å². The van der Waals surface area contributed by atoms with Crippen LogP contribution < -0.4 is 10.1 Å². The van der Waals surface area contributed by atoms with E-state index in [0.717, 1.165) is 11.3 Å². The van der Waals surface area contributed by atoms with Gasteiger partial charge in [0.25, 0.3) is 0 Å². The van der Waals surface area contributed by atoms with Gasteiger partial charge in [0.2, 0.25) is 0 Å². The van der Waals surface area contributed by atoms with E-state index in [1.165, 1.54) is 0 Å². The minimum absolute atomic E-state index is 0.0758. The average molecular weight is 216 g/mol. The lowest BCUT2D eigenvalue weighted by Gasteiger charge is -2.06. The maximum atomic E-state index is 8.47. The predicted molar refractivity (Wildman–Crippen MR) is 65.1 cm³/mol. The summed E-state index contributed by atoms with van der Waals surface area (Å²) in [6.07, 6.45) is 4.04. The summed E-state index contributed by atoms with van der Waals surface area (Å²) in [6, 6.07) is 9.94. The van der Waals surface area contributed by atoms with Crippen LogP contribution in [0.4, 0.5) is 0 Å². The van der Waals surface area contributed by atoms with E-state index in [4.69, 9.17) is 10.00 Å². The van der Waals surface area contributed by atoms with Gasteiger partial charge < -0.3 is 10.1 Å². The molecule has 0 aromatic heterocycles. The molecule has 0 amide bonds. The molecule has 0 bridgehead atoms. The van der Waals surface area contributed by atoms with Crippen molar-refractivity contribution < 1.29 is 4.74 Å². The molecule has 3 heteroatoms. The van der Waals surface area contributed by atoms with Crippen molar-refractivity contribution in [1.29, 1.82) is 5.26 Å². The molecule has 84 valence electrons. The summed E-state index contributed by atoms with van der Waals surface area (Å²) in [7, 11) is 1.91. The summed E-state index contributed by atoms with van der Waals surface area (Å²) in [5.41, 5.74) is 0.986. The van der Waals surface area contributed by atoms with Crippen LogP contribution in [0.15, 0.2) is 30.3 Å². The van der Waals surface area contributed by atoms with Gasteiger partial charge in [0.1, 0.15) is 11.8 Å². The van der Waals surface area contributed by atoms with Crippen LogP contribution >= 0.6 is 0 Å². The first kappa shape index (κ1) is 12.3. The molecular formula is C13H16N2O. The number of benzene rings is 1. The number of nitrogens with zero attached hydrogens (tertiary/aromatic N) is 1. The SMILES string of the molecule is CNC(C)/C=C/c1ccccc1OCC#N. The first-order valence-corrected chi connectivity index (χ1v) is 5.22. The third-order valence-electron chi connectivity index (χ3n) is 2.23. The molecule has 0 heterocycles. The van der Waals surface area contributed by atoms with E-state index in [-0.39, 0.29) is 6.61 Å². The quantitative estimate of drug-likeness (QED) is 0.820. The maximum Gasteiger partial charge on any atom is 0.174 e. The molecule has 1 rings (SSSR count).